The molecular formula is C36H53NO4. The lowest BCUT2D eigenvalue weighted by molar-refractivity contribution is -0.0653. The number of amides is 1. The molecule has 3 aliphatic carbocycles. The number of aliphatic hydroxyl groups is 1. The standard InChI is InChI=1S/C36H53NO4/c1-23-18-32-33(37(21-23)34(39)40-22-27-10-7-6-8-11-27)26(4)36(41-32)17-14-24(2)31(25(36)3)20-29-13-9-12-28-19-30(38)15-16-35(28,29)5/h6-8,10-11,23-24,26,28-30,32-33,38H,9,12-22H2,1-5H3/t23-,24+,26+,28+,29+,30-,32+,33-,35-,36-/m0/s1. The summed E-state index contributed by atoms with van der Waals surface area (Å²) in [6.45, 7) is 13.0. The van der Waals surface area contributed by atoms with E-state index in [4.69, 9.17) is 9.47 Å². The molecule has 2 aliphatic heterocycles. The Labute approximate surface area is 248 Å². The number of benzene rings is 1. The monoisotopic (exact) mass is 563 g/mol. The van der Waals surface area contributed by atoms with E-state index in [0.29, 0.717) is 35.7 Å². The van der Waals surface area contributed by atoms with E-state index in [-0.39, 0.29) is 35.9 Å². The number of fused-ring (bicyclic) bond motifs is 2. The lowest BCUT2D eigenvalue weighted by atomic mass is 9.53. The summed E-state index contributed by atoms with van der Waals surface area (Å²) < 4.78 is 13.1. The number of aliphatic hydroxyl groups excluding tert-OH is 1. The molecule has 5 nitrogen and oxygen atoms in total. The zero-order valence-corrected chi connectivity index (χ0v) is 26.1. The van der Waals surface area contributed by atoms with Gasteiger partial charge in [-0.05, 0) is 105 Å². The van der Waals surface area contributed by atoms with Gasteiger partial charge in [0.2, 0.25) is 0 Å². The summed E-state index contributed by atoms with van der Waals surface area (Å²) in [5.74, 6) is 2.52. The smallest absolute Gasteiger partial charge is 0.410 e. The molecule has 2 saturated carbocycles. The summed E-state index contributed by atoms with van der Waals surface area (Å²) >= 11 is 0. The van der Waals surface area contributed by atoms with Crippen molar-refractivity contribution < 1.29 is 19.4 Å². The van der Waals surface area contributed by atoms with E-state index in [9.17, 15) is 9.90 Å². The summed E-state index contributed by atoms with van der Waals surface area (Å²) in [5.41, 5.74) is 4.15. The van der Waals surface area contributed by atoms with E-state index in [2.05, 4.69) is 34.6 Å². The molecule has 2 saturated heterocycles. The van der Waals surface area contributed by atoms with Gasteiger partial charge in [-0.1, -0.05) is 70.0 Å². The Balaban J connectivity index is 1.25. The summed E-state index contributed by atoms with van der Waals surface area (Å²) in [4.78, 5) is 15.6. The van der Waals surface area contributed by atoms with Crippen molar-refractivity contribution in [3.8, 4) is 0 Å². The highest BCUT2D eigenvalue weighted by Gasteiger charge is 2.59. The van der Waals surface area contributed by atoms with Gasteiger partial charge in [0.05, 0.1) is 23.9 Å². The Morgan fingerprint density at radius 2 is 1.85 bits per heavy atom. The van der Waals surface area contributed by atoms with Crippen LogP contribution in [0.15, 0.2) is 41.5 Å². The number of carbonyl (C=O) groups is 1. The molecule has 1 amide bonds. The van der Waals surface area contributed by atoms with Crippen LogP contribution in [0.3, 0.4) is 0 Å². The molecule has 5 aliphatic rings. The first-order valence-electron chi connectivity index (χ1n) is 16.7. The highest BCUT2D eigenvalue weighted by Crippen LogP contribution is 2.58. The van der Waals surface area contributed by atoms with Crippen LogP contribution in [-0.4, -0.2) is 46.5 Å². The molecule has 2 heterocycles. The molecule has 5 heteroatoms. The number of ether oxygens (including phenoxy) is 2. The van der Waals surface area contributed by atoms with Crippen molar-refractivity contribution in [2.24, 2.45) is 35.0 Å². The minimum Gasteiger partial charge on any atom is -0.445 e. The molecule has 0 aromatic heterocycles. The van der Waals surface area contributed by atoms with Gasteiger partial charge in [0.25, 0.3) is 0 Å². The Morgan fingerprint density at radius 1 is 1.07 bits per heavy atom. The summed E-state index contributed by atoms with van der Waals surface area (Å²) in [6.07, 6.45) is 11.1. The van der Waals surface area contributed by atoms with Gasteiger partial charge in [0.1, 0.15) is 6.61 Å². The molecule has 10 atom stereocenters. The number of allylic oxidation sites excluding steroid dienone is 1. The second-order valence-corrected chi connectivity index (χ2v) is 14.9. The molecule has 1 spiro atoms. The van der Waals surface area contributed by atoms with Crippen LogP contribution in [0.5, 0.6) is 0 Å². The first kappa shape index (κ1) is 29.2. The van der Waals surface area contributed by atoms with Crippen molar-refractivity contribution in [2.75, 3.05) is 6.54 Å². The molecule has 0 radical (unpaired) electrons. The average molecular weight is 564 g/mol. The summed E-state index contributed by atoms with van der Waals surface area (Å²) in [6, 6.07) is 10.0. The van der Waals surface area contributed by atoms with E-state index in [1.165, 1.54) is 31.3 Å². The maximum Gasteiger partial charge on any atom is 0.410 e. The van der Waals surface area contributed by atoms with Crippen molar-refractivity contribution in [3.63, 3.8) is 0 Å². The van der Waals surface area contributed by atoms with E-state index in [0.717, 1.165) is 50.6 Å². The normalized spacial score (nSPS) is 42.6. The third-order valence-corrected chi connectivity index (χ3v) is 12.6. The Morgan fingerprint density at radius 3 is 2.63 bits per heavy atom. The number of hydrogen-bond acceptors (Lipinski definition) is 4. The molecule has 1 aromatic rings. The number of piperidine rings is 1. The first-order chi connectivity index (χ1) is 19.6. The highest BCUT2D eigenvalue weighted by atomic mass is 16.6. The average Bonchev–Trinajstić information content (AvgIpc) is 3.24. The van der Waals surface area contributed by atoms with Crippen LogP contribution in [0.2, 0.25) is 0 Å². The van der Waals surface area contributed by atoms with Crippen LogP contribution < -0.4 is 0 Å². The van der Waals surface area contributed by atoms with Crippen LogP contribution in [0.4, 0.5) is 4.79 Å². The van der Waals surface area contributed by atoms with Gasteiger partial charge in [-0.3, -0.25) is 0 Å². The topological polar surface area (TPSA) is 59.0 Å². The maximum atomic E-state index is 13.5. The minimum absolute atomic E-state index is 0.0514. The fourth-order valence-corrected chi connectivity index (χ4v) is 10.1. The van der Waals surface area contributed by atoms with Gasteiger partial charge in [-0.15, -0.1) is 0 Å². The molecule has 4 fully saturated rings. The van der Waals surface area contributed by atoms with Crippen molar-refractivity contribution in [1.82, 2.24) is 4.90 Å². The van der Waals surface area contributed by atoms with Crippen molar-refractivity contribution in [1.29, 1.82) is 0 Å². The zero-order chi connectivity index (χ0) is 28.9. The number of carbonyl (C=O) groups excluding carboxylic acids is 1. The Bertz CT molecular complexity index is 1130. The number of likely N-dealkylation sites (tertiary alicyclic amines) is 1. The summed E-state index contributed by atoms with van der Waals surface area (Å²) in [5, 5.41) is 10.4. The fourth-order valence-electron chi connectivity index (χ4n) is 10.1. The van der Waals surface area contributed by atoms with E-state index in [1.807, 2.05) is 35.2 Å². The number of nitrogens with zero attached hydrogens (tertiary/aromatic N) is 1. The molecule has 1 aromatic carbocycles. The highest BCUT2D eigenvalue weighted by molar-refractivity contribution is 5.68. The quantitative estimate of drug-likeness (QED) is 0.378. The van der Waals surface area contributed by atoms with Gasteiger partial charge in [0.15, 0.2) is 0 Å². The van der Waals surface area contributed by atoms with E-state index < -0.39 is 0 Å². The van der Waals surface area contributed by atoms with Crippen molar-refractivity contribution >= 4 is 6.09 Å². The SMILES string of the molecule is CC1=C(C[C@H]2CCC[C@@H]3C[C@@H](O)CC[C@]23C)[C@H](C)CC[C@]12O[C@@H]1C[C@H](C)CN(C(=O)OCc3ccccc3)[C@H]1[C@H]2C. The predicted molar refractivity (Wildman–Crippen MR) is 162 cm³/mol. The van der Waals surface area contributed by atoms with Crippen LogP contribution >= 0.6 is 0 Å². The van der Waals surface area contributed by atoms with E-state index >= 15 is 0 Å². The van der Waals surface area contributed by atoms with Crippen LogP contribution in [0.1, 0.15) is 104 Å². The van der Waals surface area contributed by atoms with Crippen LogP contribution in [0, 0.1) is 35.0 Å². The molecule has 41 heavy (non-hydrogen) atoms. The van der Waals surface area contributed by atoms with Gasteiger partial charge >= 0.3 is 6.09 Å². The summed E-state index contributed by atoms with van der Waals surface area (Å²) in [7, 11) is 0. The van der Waals surface area contributed by atoms with Gasteiger partial charge in [-0.25, -0.2) is 4.79 Å². The van der Waals surface area contributed by atoms with Gasteiger partial charge in [-0.2, -0.15) is 0 Å². The molecule has 6 rings (SSSR count). The van der Waals surface area contributed by atoms with E-state index in [1.54, 1.807) is 5.57 Å². The Hall–Kier alpha value is -1.85. The third kappa shape index (κ3) is 5.18. The second kappa shape index (κ2) is 11.3. The zero-order valence-electron chi connectivity index (χ0n) is 26.1. The fraction of sp³-hybridized carbons (Fsp3) is 0.750. The predicted octanol–water partition coefficient (Wildman–Crippen LogP) is 7.91. The third-order valence-electron chi connectivity index (χ3n) is 12.6. The van der Waals surface area contributed by atoms with Crippen LogP contribution in [0.25, 0.3) is 0 Å². The molecule has 0 bridgehead atoms. The Kier molecular flexibility index (Phi) is 8.08. The van der Waals surface area contributed by atoms with Crippen molar-refractivity contribution in [2.45, 2.75) is 129 Å². The largest absolute Gasteiger partial charge is 0.445 e. The maximum absolute atomic E-state index is 13.5. The van der Waals surface area contributed by atoms with Crippen molar-refractivity contribution in [3.05, 3.63) is 47.0 Å². The molecular weight excluding hydrogens is 510 g/mol. The first-order valence-corrected chi connectivity index (χ1v) is 16.7. The van der Waals surface area contributed by atoms with Gasteiger partial charge < -0.3 is 19.5 Å². The van der Waals surface area contributed by atoms with Gasteiger partial charge in [0, 0.05) is 12.5 Å². The lowest BCUT2D eigenvalue weighted by Crippen LogP contribution is -2.54. The molecule has 1 N–H and O–H groups in total. The molecule has 226 valence electrons. The number of hydrogen-bond donors (Lipinski definition) is 1. The minimum atomic E-state index is -0.295. The number of rotatable bonds is 4. The van der Waals surface area contributed by atoms with Crippen LogP contribution in [-0.2, 0) is 16.1 Å². The second-order valence-electron chi connectivity index (χ2n) is 14.9. The lowest BCUT2D eigenvalue weighted by Gasteiger charge is -2.53. The molecule has 0 unspecified atom stereocenters.